The highest BCUT2D eigenvalue weighted by Crippen LogP contribution is 2.30. The van der Waals surface area contributed by atoms with Crippen LogP contribution in [0.1, 0.15) is 69.8 Å². The lowest BCUT2D eigenvalue weighted by Gasteiger charge is -2.29. The lowest BCUT2D eigenvalue weighted by molar-refractivity contribution is 0.0689. The summed E-state index contributed by atoms with van der Waals surface area (Å²) >= 11 is 0. The quantitative estimate of drug-likeness (QED) is 0.274. The van der Waals surface area contributed by atoms with Crippen molar-refractivity contribution in [1.82, 2.24) is 20.5 Å². The smallest absolute Gasteiger partial charge is 0.354 e. The normalized spacial score (nSPS) is 17.4. The fraction of sp³-hybridized carbons (Fsp3) is 0.464. The van der Waals surface area contributed by atoms with Gasteiger partial charge in [-0.2, -0.15) is 0 Å². The van der Waals surface area contributed by atoms with Gasteiger partial charge < -0.3 is 15.2 Å². The minimum absolute atomic E-state index is 0.111. The third-order valence-electron chi connectivity index (χ3n) is 6.61. The topological polar surface area (TPSA) is 133 Å². The highest BCUT2D eigenvalue weighted by molar-refractivity contribution is 6.03. The van der Waals surface area contributed by atoms with E-state index in [1.54, 1.807) is 43.3 Å². The van der Waals surface area contributed by atoms with Crippen molar-refractivity contribution in [2.24, 2.45) is 16.8 Å². The molecule has 0 atom stereocenters. The molecule has 0 saturated heterocycles. The Balaban J connectivity index is 1.54. The van der Waals surface area contributed by atoms with Crippen LogP contribution in [0.4, 0.5) is 15.3 Å². The molecule has 4 amide bonds. The first-order valence-corrected chi connectivity index (χ1v) is 13.2. The molecule has 10 heteroatoms. The molecule has 1 aromatic carbocycles. The standard InChI is InChI=1S/C28H37N5O5/c1-4-17-33(27(36)29-18-21-11-9-20(5-2)10-12-21)28(37)31-19(3)30-22-13-15-23(16-14-22)38-25-8-6-7-24(32-25)26(34)35/h6-8,13-16,20-21H,4-5,9-12,17-18H2,1-3H3,(H,29,36)(H,34,35)(H,30,31,37). The Hall–Kier alpha value is -3.95. The maximum Gasteiger partial charge on any atom is 0.354 e. The Kier molecular flexibility index (Phi) is 10.6. The van der Waals surface area contributed by atoms with E-state index >= 15 is 0 Å². The summed E-state index contributed by atoms with van der Waals surface area (Å²) in [5.41, 5.74) is 0.455. The molecule has 2 aromatic rings. The molecule has 0 aliphatic heterocycles. The number of amides is 4. The molecule has 1 aliphatic rings. The Morgan fingerprint density at radius 1 is 1.03 bits per heavy atom. The number of hydrogen-bond acceptors (Lipinski definition) is 6. The van der Waals surface area contributed by atoms with Gasteiger partial charge in [0.1, 0.15) is 11.6 Å². The van der Waals surface area contributed by atoms with Gasteiger partial charge in [-0.25, -0.2) is 29.3 Å². The number of rotatable bonds is 9. The van der Waals surface area contributed by atoms with Gasteiger partial charge in [-0.15, -0.1) is 0 Å². The van der Waals surface area contributed by atoms with E-state index in [0.717, 1.165) is 18.8 Å². The van der Waals surface area contributed by atoms with Crippen molar-refractivity contribution >= 4 is 29.6 Å². The van der Waals surface area contributed by atoms with Gasteiger partial charge in [-0.3, -0.25) is 5.32 Å². The molecule has 0 unspecified atom stereocenters. The summed E-state index contributed by atoms with van der Waals surface area (Å²) < 4.78 is 5.61. The molecular formula is C28H37N5O5. The molecule has 3 rings (SSSR count). The molecule has 0 bridgehead atoms. The Labute approximate surface area is 223 Å². The van der Waals surface area contributed by atoms with E-state index < -0.39 is 18.0 Å². The number of benzene rings is 1. The maximum atomic E-state index is 12.8. The minimum Gasteiger partial charge on any atom is -0.477 e. The van der Waals surface area contributed by atoms with Crippen LogP contribution in [0.3, 0.4) is 0 Å². The van der Waals surface area contributed by atoms with Gasteiger partial charge in [-0.05, 0) is 68.4 Å². The van der Waals surface area contributed by atoms with Crippen molar-refractivity contribution in [3.05, 3.63) is 48.2 Å². The number of aromatic carboxylic acids is 1. The number of aromatic nitrogens is 1. The number of nitrogens with one attached hydrogen (secondary N) is 2. The molecular weight excluding hydrogens is 486 g/mol. The van der Waals surface area contributed by atoms with E-state index in [4.69, 9.17) is 9.84 Å². The summed E-state index contributed by atoms with van der Waals surface area (Å²) in [6, 6.07) is 10.3. The average molecular weight is 524 g/mol. The Bertz CT molecular complexity index is 1130. The van der Waals surface area contributed by atoms with E-state index in [0.29, 0.717) is 42.7 Å². The number of nitrogens with zero attached hydrogens (tertiary/aromatic N) is 3. The van der Waals surface area contributed by atoms with Gasteiger partial charge in [-0.1, -0.05) is 39.2 Å². The SMILES string of the molecule is CCCN(C(=O)NCC1CCC(CC)CC1)C(=O)NC(C)=Nc1ccc(Oc2cccc(C(=O)O)n2)cc1. The number of pyridine rings is 1. The van der Waals surface area contributed by atoms with E-state index in [1.807, 2.05) is 6.92 Å². The number of carbonyl (C=O) groups excluding carboxylic acids is 2. The number of hydrogen-bond donors (Lipinski definition) is 3. The van der Waals surface area contributed by atoms with Crippen LogP contribution in [0.5, 0.6) is 11.6 Å². The molecule has 0 spiro atoms. The molecule has 1 aromatic heterocycles. The molecule has 10 nitrogen and oxygen atoms in total. The summed E-state index contributed by atoms with van der Waals surface area (Å²) in [5, 5.41) is 14.7. The number of aliphatic imine (C=N–C) groups is 1. The second-order valence-corrected chi connectivity index (χ2v) is 9.52. The summed E-state index contributed by atoms with van der Waals surface area (Å²) in [7, 11) is 0. The van der Waals surface area contributed by atoms with Gasteiger partial charge in [0.15, 0.2) is 5.69 Å². The van der Waals surface area contributed by atoms with Crippen molar-refractivity contribution in [2.45, 2.75) is 59.3 Å². The van der Waals surface area contributed by atoms with Crippen LogP contribution in [-0.2, 0) is 0 Å². The molecule has 1 heterocycles. The lowest BCUT2D eigenvalue weighted by atomic mass is 9.81. The molecule has 0 radical (unpaired) electrons. The highest BCUT2D eigenvalue weighted by atomic mass is 16.5. The Morgan fingerprint density at radius 3 is 2.34 bits per heavy atom. The van der Waals surface area contributed by atoms with Crippen LogP contribution in [-0.4, -0.2) is 51.9 Å². The minimum atomic E-state index is -1.14. The number of carbonyl (C=O) groups is 3. The summed E-state index contributed by atoms with van der Waals surface area (Å²) in [5.74, 6) is 1.07. The first-order valence-electron chi connectivity index (χ1n) is 13.2. The molecule has 1 saturated carbocycles. The highest BCUT2D eigenvalue weighted by Gasteiger charge is 2.24. The average Bonchev–Trinajstić information content (AvgIpc) is 2.91. The fourth-order valence-electron chi connectivity index (χ4n) is 4.43. The molecule has 204 valence electrons. The van der Waals surface area contributed by atoms with Crippen molar-refractivity contribution < 1.29 is 24.2 Å². The van der Waals surface area contributed by atoms with Gasteiger partial charge in [0.25, 0.3) is 0 Å². The second-order valence-electron chi connectivity index (χ2n) is 9.52. The zero-order chi connectivity index (χ0) is 27.5. The second kappa shape index (κ2) is 14.1. The monoisotopic (exact) mass is 523 g/mol. The number of imide groups is 1. The van der Waals surface area contributed by atoms with Gasteiger partial charge in [0.05, 0.1) is 5.69 Å². The van der Waals surface area contributed by atoms with Crippen LogP contribution >= 0.6 is 0 Å². The van der Waals surface area contributed by atoms with Crippen molar-refractivity contribution in [1.29, 1.82) is 0 Å². The van der Waals surface area contributed by atoms with Crippen molar-refractivity contribution in [3.63, 3.8) is 0 Å². The van der Waals surface area contributed by atoms with E-state index in [1.165, 1.54) is 30.2 Å². The van der Waals surface area contributed by atoms with E-state index in [2.05, 4.69) is 27.5 Å². The maximum absolute atomic E-state index is 12.8. The number of carboxylic acid groups (broad SMARTS) is 1. The molecule has 38 heavy (non-hydrogen) atoms. The van der Waals surface area contributed by atoms with E-state index in [-0.39, 0.29) is 11.6 Å². The van der Waals surface area contributed by atoms with Crippen LogP contribution in [0.15, 0.2) is 47.5 Å². The summed E-state index contributed by atoms with van der Waals surface area (Å²) in [6.45, 7) is 6.68. The molecule has 1 aliphatic carbocycles. The zero-order valence-electron chi connectivity index (χ0n) is 22.3. The number of amidine groups is 1. The van der Waals surface area contributed by atoms with Crippen molar-refractivity contribution in [2.75, 3.05) is 13.1 Å². The number of ether oxygens (including phenoxy) is 1. The predicted molar refractivity (Wildman–Crippen MR) is 145 cm³/mol. The summed E-state index contributed by atoms with van der Waals surface area (Å²) in [6.07, 6.45) is 6.48. The van der Waals surface area contributed by atoms with Crippen LogP contribution in [0.2, 0.25) is 0 Å². The zero-order valence-corrected chi connectivity index (χ0v) is 22.3. The van der Waals surface area contributed by atoms with Crippen LogP contribution in [0, 0.1) is 11.8 Å². The number of urea groups is 2. The first-order chi connectivity index (χ1) is 18.3. The summed E-state index contributed by atoms with van der Waals surface area (Å²) in [4.78, 5) is 46.2. The number of carboxylic acids is 1. The van der Waals surface area contributed by atoms with Gasteiger partial charge in [0.2, 0.25) is 5.88 Å². The fourth-order valence-corrected chi connectivity index (χ4v) is 4.43. The third kappa shape index (κ3) is 8.57. The first kappa shape index (κ1) is 28.6. The van der Waals surface area contributed by atoms with Crippen LogP contribution < -0.4 is 15.4 Å². The molecule has 1 fully saturated rings. The Morgan fingerprint density at radius 2 is 1.71 bits per heavy atom. The predicted octanol–water partition coefficient (Wildman–Crippen LogP) is 5.97. The largest absolute Gasteiger partial charge is 0.477 e. The molecule has 3 N–H and O–H groups in total. The van der Waals surface area contributed by atoms with Gasteiger partial charge in [0, 0.05) is 19.2 Å². The third-order valence-corrected chi connectivity index (χ3v) is 6.61. The van der Waals surface area contributed by atoms with Gasteiger partial charge >= 0.3 is 18.0 Å². The van der Waals surface area contributed by atoms with Crippen LogP contribution in [0.25, 0.3) is 0 Å². The van der Waals surface area contributed by atoms with Crippen molar-refractivity contribution in [3.8, 4) is 11.6 Å². The van der Waals surface area contributed by atoms with E-state index in [9.17, 15) is 14.4 Å². The lowest BCUT2D eigenvalue weighted by Crippen LogP contribution is -2.50.